The van der Waals surface area contributed by atoms with E-state index >= 15 is 0 Å². The summed E-state index contributed by atoms with van der Waals surface area (Å²) in [5.74, 6) is 0.0507. The lowest BCUT2D eigenvalue weighted by Gasteiger charge is -2.05. The van der Waals surface area contributed by atoms with Crippen molar-refractivity contribution >= 4 is 11.7 Å². The average Bonchev–Trinajstić information content (AvgIpc) is 2.90. The van der Waals surface area contributed by atoms with Crippen LogP contribution in [0.4, 0.5) is 5.82 Å². The van der Waals surface area contributed by atoms with Crippen LogP contribution >= 0.6 is 0 Å². The maximum absolute atomic E-state index is 12.5. The molecule has 0 saturated heterocycles. The topological polar surface area (TPSA) is 73.8 Å². The zero-order valence-corrected chi connectivity index (χ0v) is 10.6. The Balaban J connectivity index is 2.09. The van der Waals surface area contributed by atoms with Gasteiger partial charge in [0.15, 0.2) is 0 Å². The van der Waals surface area contributed by atoms with Crippen LogP contribution < -0.4 is 5.73 Å². The molecule has 2 heterocycles. The predicted octanol–water partition coefficient (Wildman–Crippen LogP) is 2.22. The van der Waals surface area contributed by atoms with Gasteiger partial charge in [0.2, 0.25) is 0 Å². The third-order valence-electron chi connectivity index (χ3n) is 2.90. The molecule has 0 amide bonds. The lowest BCUT2D eigenvalue weighted by Crippen LogP contribution is -2.15. The molecule has 5 nitrogen and oxygen atoms in total. The van der Waals surface area contributed by atoms with Gasteiger partial charge < -0.3 is 5.73 Å². The molecule has 2 aromatic heterocycles. The Morgan fingerprint density at radius 3 is 2.60 bits per heavy atom. The van der Waals surface area contributed by atoms with Crippen LogP contribution in [0.25, 0.3) is 11.3 Å². The van der Waals surface area contributed by atoms with Crippen LogP contribution in [0, 0.1) is 0 Å². The second-order valence-corrected chi connectivity index (χ2v) is 4.28. The van der Waals surface area contributed by atoms with Gasteiger partial charge in [-0.3, -0.25) is 9.78 Å². The summed E-state index contributed by atoms with van der Waals surface area (Å²) in [6.45, 7) is 0. The van der Waals surface area contributed by atoms with Crippen LogP contribution in [-0.2, 0) is 0 Å². The summed E-state index contributed by atoms with van der Waals surface area (Å²) >= 11 is 0. The number of carbonyl (C=O) groups excluding carboxylic acids is 1. The van der Waals surface area contributed by atoms with Crippen molar-refractivity contribution in [2.24, 2.45) is 0 Å². The average molecular weight is 264 g/mol. The van der Waals surface area contributed by atoms with E-state index in [2.05, 4.69) is 10.1 Å². The molecule has 1 aromatic carbocycles. The Morgan fingerprint density at radius 1 is 1.10 bits per heavy atom. The van der Waals surface area contributed by atoms with Crippen molar-refractivity contribution in [3.05, 3.63) is 66.5 Å². The van der Waals surface area contributed by atoms with Crippen molar-refractivity contribution < 1.29 is 4.79 Å². The van der Waals surface area contributed by atoms with Gasteiger partial charge in [0.05, 0.1) is 11.3 Å². The van der Waals surface area contributed by atoms with Crippen LogP contribution in [0.1, 0.15) is 10.4 Å². The van der Waals surface area contributed by atoms with Gasteiger partial charge in [-0.25, -0.2) is 0 Å². The number of nitrogens with zero attached hydrogens (tertiary/aromatic N) is 3. The number of rotatable bonds is 2. The minimum Gasteiger partial charge on any atom is -0.382 e. The number of nitrogens with two attached hydrogens (primary N) is 1. The lowest BCUT2D eigenvalue weighted by atomic mass is 10.1. The summed E-state index contributed by atoms with van der Waals surface area (Å²) in [5, 5.41) is 4.08. The summed E-state index contributed by atoms with van der Waals surface area (Å²) in [6, 6.07) is 14.6. The van der Waals surface area contributed by atoms with Gasteiger partial charge in [0, 0.05) is 24.0 Å². The summed E-state index contributed by atoms with van der Waals surface area (Å²) in [7, 11) is 0. The molecule has 5 heteroatoms. The highest BCUT2D eigenvalue weighted by Gasteiger charge is 2.16. The highest BCUT2D eigenvalue weighted by molar-refractivity contribution is 5.97. The molecule has 0 spiro atoms. The van der Waals surface area contributed by atoms with E-state index in [0.717, 1.165) is 5.56 Å². The molecule has 98 valence electrons. The Morgan fingerprint density at radius 2 is 1.90 bits per heavy atom. The van der Waals surface area contributed by atoms with Gasteiger partial charge in [0.1, 0.15) is 5.82 Å². The molecule has 3 aromatic rings. The van der Waals surface area contributed by atoms with Crippen LogP contribution in [0.2, 0.25) is 0 Å². The summed E-state index contributed by atoms with van der Waals surface area (Å²) in [5.41, 5.74) is 7.75. The van der Waals surface area contributed by atoms with E-state index in [1.54, 1.807) is 24.4 Å². The Hall–Kier alpha value is -2.95. The maximum Gasteiger partial charge on any atom is 0.280 e. The first-order chi connectivity index (χ1) is 9.75. The highest BCUT2D eigenvalue weighted by atomic mass is 16.2. The SMILES string of the molecule is Nc1cc(-c2ccccc2)n(C(=O)c2cccnc2)n1. The molecule has 0 atom stereocenters. The first kappa shape index (κ1) is 12.1. The second kappa shape index (κ2) is 4.97. The van der Waals surface area contributed by atoms with E-state index in [9.17, 15) is 4.79 Å². The molecule has 0 aliphatic heterocycles. The Labute approximate surface area is 115 Å². The van der Waals surface area contributed by atoms with E-state index in [4.69, 9.17) is 5.73 Å². The molecule has 0 radical (unpaired) electrons. The number of carbonyl (C=O) groups is 1. The minimum absolute atomic E-state index is 0.256. The minimum atomic E-state index is -0.256. The molecular weight excluding hydrogens is 252 g/mol. The largest absolute Gasteiger partial charge is 0.382 e. The number of hydrogen-bond donors (Lipinski definition) is 1. The number of pyridine rings is 1. The third-order valence-corrected chi connectivity index (χ3v) is 2.90. The lowest BCUT2D eigenvalue weighted by molar-refractivity contribution is 0.0947. The van der Waals surface area contributed by atoms with Crippen LogP contribution in [0.15, 0.2) is 60.9 Å². The van der Waals surface area contributed by atoms with Gasteiger partial charge in [-0.1, -0.05) is 30.3 Å². The fourth-order valence-corrected chi connectivity index (χ4v) is 1.98. The molecule has 0 unspecified atom stereocenters. The van der Waals surface area contributed by atoms with Crippen molar-refractivity contribution in [3.63, 3.8) is 0 Å². The van der Waals surface area contributed by atoms with E-state index < -0.39 is 0 Å². The zero-order valence-electron chi connectivity index (χ0n) is 10.6. The normalized spacial score (nSPS) is 10.4. The van der Waals surface area contributed by atoms with Crippen LogP contribution in [-0.4, -0.2) is 20.7 Å². The smallest absolute Gasteiger partial charge is 0.280 e. The molecule has 0 aliphatic rings. The molecule has 3 rings (SSSR count). The number of nitrogen functional groups attached to an aromatic ring is 1. The first-order valence-corrected chi connectivity index (χ1v) is 6.11. The fourth-order valence-electron chi connectivity index (χ4n) is 1.98. The van der Waals surface area contributed by atoms with E-state index in [1.165, 1.54) is 10.9 Å². The molecule has 0 bridgehead atoms. The quantitative estimate of drug-likeness (QED) is 0.770. The van der Waals surface area contributed by atoms with Crippen molar-refractivity contribution in [1.29, 1.82) is 0 Å². The van der Waals surface area contributed by atoms with Crippen molar-refractivity contribution in [3.8, 4) is 11.3 Å². The molecule has 2 N–H and O–H groups in total. The first-order valence-electron chi connectivity index (χ1n) is 6.11. The van der Waals surface area contributed by atoms with Gasteiger partial charge in [-0.05, 0) is 12.1 Å². The van der Waals surface area contributed by atoms with E-state index in [0.29, 0.717) is 17.1 Å². The monoisotopic (exact) mass is 264 g/mol. The number of hydrogen-bond acceptors (Lipinski definition) is 4. The molecule has 0 fully saturated rings. The predicted molar refractivity (Wildman–Crippen MR) is 76.0 cm³/mol. The standard InChI is InChI=1S/C15H12N4O/c16-14-9-13(11-5-2-1-3-6-11)19(18-14)15(20)12-7-4-8-17-10-12/h1-10H,(H2,16,18). The Kier molecular flexibility index (Phi) is 3.01. The Bertz CT molecular complexity index is 735. The third kappa shape index (κ3) is 2.16. The number of benzene rings is 1. The second-order valence-electron chi connectivity index (χ2n) is 4.28. The van der Waals surface area contributed by atoms with Gasteiger partial charge in [-0.15, -0.1) is 5.10 Å². The highest BCUT2D eigenvalue weighted by Crippen LogP contribution is 2.22. The van der Waals surface area contributed by atoms with E-state index in [-0.39, 0.29) is 5.91 Å². The zero-order chi connectivity index (χ0) is 13.9. The van der Waals surface area contributed by atoms with Crippen molar-refractivity contribution in [2.75, 3.05) is 5.73 Å². The molecule has 0 saturated carbocycles. The van der Waals surface area contributed by atoms with Crippen LogP contribution in [0.5, 0.6) is 0 Å². The molecule has 0 aliphatic carbocycles. The van der Waals surface area contributed by atoms with Gasteiger partial charge >= 0.3 is 0 Å². The summed E-state index contributed by atoms with van der Waals surface area (Å²) < 4.78 is 1.31. The maximum atomic E-state index is 12.5. The summed E-state index contributed by atoms with van der Waals surface area (Å²) in [4.78, 5) is 16.4. The van der Waals surface area contributed by atoms with E-state index in [1.807, 2.05) is 30.3 Å². The van der Waals surface area contributed by atoms with Crippen molar-refractivity contribution in [2.45, 2.75) is 0 Å². The summed E-state index contributed by atoms with van der Waals surface area (Å²) in [6.07, 6.45) is 3.13. The van der Waals surface area contributed by atoms with Crippen molar-refractivity contribution in [1.82, 2.24) is 14.8 Å². The van der Waals surface area contributed by atoms with Crippen LogP contribution in [0.3, 0.4) is 0 Å². The fraction of sp³-hybridized carbons (Fsp3) is 0. The number of anilines is 1. The van der Waals surface area contributed by atoms with Gasteiger partial charge in [0.25, 0.3) is 5.91 Å². The number of aromatic nitrogens is 3. The molecular formula is C15H12N4O. The molecule has 20 heavy (non-hydrogen) atoms. The van der Waals surface area contributed by atoms with Gasteiger partial charge in [-0.2, -0.15) is 4.68 Å².